The Balaban J connectivity index is 1.47. The van der Waals surface area contributed by atoms with Gasteiger partial charge in [-0.25, -0.2) is 8.42 Å². The summed E-state index contributed by atoms with van der Waals surface area (Å²) >= 11 is 0.995. The van der Waals surface area contributed by atoms with Crippen LogP contribution in [0.15, 0.2) is 23.1 Å². The van der Waals surface area contributed by atoms with Crippen molar-refractivity contribution in [1.82, 2.24) is 18.4 Å². The third-order valence-corrected chi connectivity index (χ3v) is 7.59. The maximum absolute atomic E-state index is 13.1. The second kappa shape index (κ2) is 7.78. The highest BCUT2D eigenvalue weighted by Crippen LogP contribution is 2.28. The Morgan fingerprint density at radius 1 is 1.30 bits per heavy atom. The molecule has 2 fully saturated rings. The van der Waals surface area contributed by atoms with E-state index in [2.05, 4.69) is 14.1 Å². The first kappa shape index (κ1) is 18.7. The second-order valence-corrected chi connectivity index (χ2v) is 9.41. The number of piperidine rings is 1. The standard InChI is InChI=1S/C17H22N4O4S2/c22-17(18-10-13-5-3-9-25-13)12-4-2-8-21(11-12)27(23,24)15-7-1-6-14-16(15)20-26-19-14/h1,6-7,12-13H,2-5,8-11H2,(H,18,22)/t12-,13+/m0/s1. The molecule has 1 aromatic heterocycles. The number of carbonyl (C=O) groups is 1. The number of nitrogens with one attached hydrogen (secondary N) is 1. The van der Waals surface area contributed by atoms with Gasteiger partial charge in [-0.15, -0.1) is 0 Å². The molecule has 3 heterocycles. The molecule has 27 heavy (non-hydrogen) atoms. The van der Waals surface area contributed by atoms with E-state index in [-0.39, 0.29) is 29.4 Å². The van der Waals surface area contributed by atoms with Gasteiger partial charge in [0.1, 0.15) is 15.9 Å². The average Bonchev–Trinajstić information content (AvgIpc) is 3.37. The Kier molecular flexibility index (Phi) is 5.40. The molecule has 2 aliphatic heterocycles. The molecule has 0 unspecified atom stereocenters. The molecule has 2 saturated heterocycles. The topological polar surface area (TPSA) is 101 Å². The van der Waals surface area contributed by atoms with Gasteiger partial charge in [0.05, 0.1) is 23.8 Å². The van der Waals surface area contributed by atoms with Gasteiger partial charge >= 0.3 is 0 Å². The lowest BCUT2D eigenvalue weighted by Gasteiger charge is -2.31. The fourth-order valence-electron chi connectivity index (χ4n) is 3.67. The zero-order chi connectivity index (χ0) is 18.9. The minimum absolute atomic E-state index is 0.0761. The Hall–Kier alpha value is -1.62. The third-order valence-electron chi connectivity index (χ3n) is 5.15. The van der Waals surface area contributed by atoms with Gasteiger partial charge in [-0.1, -0.05) is 6.07 Å². The molecule has 0 aliphatic carbocycles. The minimum atomic E-state index is -3.72. The van der Waals surface area contributed by atoms with Crippen LogP contribution in [0.1, 0.15) is 25.7 Å². The molecular weight excluding hydrogens is 388 g/mol. The van der Waals surface area contributed by atoms with E-state index in [9.17, 15) is 13.2 Å². The van der Waals surface area contributed by atoms with E-state index in [1.807, 2.05) is 0 Å². The number of carbonyl (C=O) groups excluding carboxylic acids is 1. The molecule has 0 spiro atoms. The number of amides is 1. The first-order valence-electron chi connectivity index (χ1n) is 9.16. The SMILES string of the molecule is O=C(NC[C@H]1CCCO1)[C@H]1CCCN(S(=O)(=O)c2cccc3nsnc23)C1. The number of rotatable bonds is 5. The normalized spacial score (nSPS) is 24.3. The Morgan fingerprint density at radius 2 is 2.19 bits per heavy atom. The molecule has 0 saturated carbocycles. The summed E-state index contributed by atoms with van der Waals surface area (Å²) < 4.78 is 41.5. The van der Waals surface area contributed by atoms with Gasteiger partial charge < -0.3 is 10.1 Å². The molecule has 0 radical (unpaired) electrons. The zero-order valence-electron chi connectivity index (χ0n) is 14.8. The lowest BCUT2D eigenvalue weighted by molar-refractivity contribution is -0.126. The van der Waals surface area contributed by atoms with Crippen LogP contribution in [0.2, 0.25) is 0 Å². The van der Waals surface area contributed by atoms with Crippen molar-refractivity contribution in [1.29, 1.82) is 0 Å². The summed E-state index contributed by atoms with van der Waals surface area (Å²) in [7, 11) is -3.72. The first-order valence-corrected chi connectivity index (χ1v) is 11.3. The van der Waals surface area contributed by atoms with Crippen LogP contribution in [-0.4, -0.2) is 59.7 Å². The van der Waals surface area contributed by atoms with E-state index >= 15 is 0 Å². The molecule has 10 heteroatoms. The monoisotopic (exact) mass is 410 g/mol. The number of hydrogen-bond donors (Lipinski definition) is 1. The summed E-state index contributed by atoms with van der Waals surface area (Å²) in [6.07, 6.45) is 3.39. The number of benzene rings is 1. The van der Waals surface area contributed by atoms with Crippen LogP contribution in [0.5, 0.6) is 0 Å². The van der Waals surface area contributed by atoms with Gasteiger partial charge in [0.2, 0.25) is 15.9 Å². The maximum atomic E-state index is 13.1. The molecular formula is C17H22N4O4S2. The van der Waals surface area contributed by atoms with Crippen molar-refractivity contribution < 1.29 is 17.9 Å². The number of sulfonamides is 1. The Morgan fingerprint density at radius 3 is 3.00 bits per heavy atom. The summed E-state index contributed by atoms with van der Waals surface area (Å²) in [6, 6.07) is 4.97. The average molecular weight is 411 g/mol. The molecule has 2 aromatic rings. The van der Waals surface area contributed by atoms with Gasteiger partial charge in [0.25, 0.3) is 0 Å². The molecule has 0 bridgehead atoms. The van der Waals surface area contributed by atoms with Gasteiger partial charge in [0, 0.05) is 26.2 Å². The van der Waals surface area contributed by atoms with Gasteiger partial charge in [0.15, 0.2) is 0 Å². The van der Waals surface area contributed by atoms with Crippen molar-refractivity contribution in [3.05, 3.63) is 18.2 Å². The van der Waals surface area contributed by atoms with Crippen LogP contribution < -0.4 is 5.32 Å². The molecule has 2 aliphatic rings. The highest BCUT2D eigenvalue weighted by Gasteiger charge is 2.34. The summed E-state index contributed by atoms with van der Waals surface area (Å²) in [6.45, 7) is 1.83. The molecule has 1 amide bonds. The summed E-state index contributed by atoms with van der Waals surface area (Å²) in [5.41, 5.74) is 0.969. The number of fused-ring (bicyclic) bond motifs is 1. The van der Waals surface area contributed by atoms with E-state index in [1.165, 1.54) is 4.31 Å². The van der Waals surface area contributed by atoms with Crippen molar-refractivity contribution in [3.8, 4) is 0 Å². The van der Waals surface area contributed by atoms with Crippen molar-refractivity contribution in [2.75, 3.05) is 26.2 Å². The molecule has 1 N–H and O–H groups in total. The predicted molar refractivity (Wildman–Crippen MR) is 101 cm³/mol. The maximum Gasteiger partial charge on any atom is 0.245 e. The van der Waals surface area contributed by atoms with Crippen LogP contribution in [0, 0.1) is 5.92 Å². The minimum Gasteiger partial charge on any atom is -0.376 e. The number of ether oxygens (including phenoxy) is 1. The number of nitrogens with zero attached hydrogens (tertiary/aromatic N) is 3. The van der Waals surface area contributed by atoms with E-state index in [0.29, 0.717) is 37.0 Å². The smallest absolute Gasteiger partial charge is 0.245 e. The van der Waals surface area contributed by atoms with Crippen molar-refractivity contribution >= 4 is 38.7 Å². The second-order valence-electron chi connectivity index (χ2n) is 6.97. The molecule has 8 nitrogen and oxygen atoms in total. The van der Waals surface area contributed by atoms with Crippen molar-refractivity contribution in [3.63, 3.8) is 0 Å². The van der Waals surface area contributed by atoms with E-state index in [1.54, 1.807) is 18.2 Å². The van der Waals surface area contributed by atoms with E-state index in [0.717, 1.165) is 31.2 Å². The van der Waals surface area contributed by atoms with Crippen molar-refractivity contribution in [2.45, 2.75) is 36.7 Å². The summed E-state index contributed by atoms with van der Waals surface area (Å²) in [5, 5.41) is 2.93. The van der Waals surface area contributed by atoms with Gasteiger partial charge in [-0.05, 0) is 37.8 Å². The molecule has 4 rings (SSSR count). The lowest BCUT2D eigenvalue weighted by Crippen LogP contribution is -2.46. The van der Waals surface area contributed by atoms with Crippen LogP contribution in [0.25, 0.3) is 11.0 Å². The molecule has 146 valence electrons. The van der Waals surface area contributed by atoms with Crippen molar-refractivity contribution in [2.24, 2.45) is 5.92 Å². The fourth-order valence-corrected chi connectivity index (χ4v) is 5.94. The van der Waals surface area contributed by atoms with Crippen LogP contribution >= 0.6 is 11.7 Å². The van der Waals surface area contributed by atoms with E-state index in [4.69, 9.17) is 4.74 Å². The lowest BCUT2D eigenvalue weighted by atomic mass is 9.99. The summed E-state index contributed by atoms with van der Waals surface area (Å²) in [5.74, 6) is -0.443. The number of aromatic nitrogens is 2. The highest BCUT2D eigenvalue weighted by atomic mass is 32.2. The van der Waals surface area contributed by atoms with Crippen LogP contribution in [0.4, 0.5) is 0 Å². The Labute approximate surface area is 162 Å². The number of hydrogen-bond acceptors (Lipinski definition) is 7. The first-order chi connectivity index (χ1) is 13.1. The summed E-state index contributed by atoms with van der Waals surface area (Å²) in [4.78, 5) is 12.7. The quantitative estimate of drug-likeness (QED) is 0.799. The predicted octanol–water partition coefficient (Wildman–Crippen LogP) is 1.39. The largest absolute Gasteiger partial charge is 0.376 e. The Bertz CT molecular complexity index is 924. The van der Waals surface area contributed by atoms with Crippen LogP contribution in [0.3, 0.4) is 0 Å². The van der Waals surface area contributed by atoms with E-state index < -0.39 is 10.0 Å². The van der Waals surface area contributed by atoms with Gasteiger partial charge in [-0.3, -0.25) is 4.79 Å². The van der Waals surface area contributed by atoms with Gasteiger partial charge in [-0.2, -0.15) is 13.1 Å². The van der Waals surface area contributed by atoms with Crippen LogP contribution in [-0.2, 0) is 19.6 Å². The molecule has 2 atom stereocenters. The highest BCUT2D eigenvalue weighted by molar-refractivity contribution is 7.89. The zero-order valence-corrected chi connectivity index (χ0v) is 16.5. The third kappa shape index (κ3) is 3.84. The fraction of sp³-hybridized carbons (Fsp3) is 0.588. The molecule has 1 aromatic carbocycles.